The van der Waals surface area contributed by atoms with Crippen LogP contribution in [0.4, 0.5) is 0 Å². The lowest BCUT2D eigenvalue weighted by Gasteiger charge is -2.33. The first-order chi connectivity index (χ1) is 7.84. The highest BCUT2D eigenvalue weighted by atomic mass is 32.1. The van der Waals surface area contributed by atoms with Crippen LogP contribution in [0, 0.1) is 0 Å². The topological polar surface area (TPSA) is 27.6 Å². The molecule has 0 radical (unpaired) electrons. The average Bonchev–Trinajstić information content (AvgIpc) is 2.76. The standard InChI is InChI=1S/C11H15N3S/c1-4-12-5-2-9(1)14-7-11-10(13-8-14)3-6-15-11/h3,6-7,9,12H,1-2,4-5,8H2/i8D. The summed E-state index contributed by atoms with van der Waals surface area (Å²) in [6, 6.07) is 2.47. The minimum Gasteiger partial charge on any atom is -0.354 e. The smallest absolute Gasteiger partial charge is 0.110 e. The van der Waals surface area contributed by atoms with E-state index in [2.05, 4.69) is 21.4 Å². The van der Waals surface area contributed by atoms with Gasteiger partial charge in [-0.1, -0.05) is 0 Å². The zero-order chi connectivity index (χ0) is 11.0. The van der Waals surface area contributed by atoms with Crippen molar-refractivity contribution in [2.75, 3.05) is 19.7 Å². The molecule has 0 aromatic carbocycles. The summed E-state index contributed by atoms with van der Waals surface area (Å²) < 4.78 is 9.24. The maximum Gasteiger partial charge on any atom is 0.110 e. The molecule has 3 heterocycles. The fourth-order valence-corrected chi connectivity index (χ4v) is 2.89. The van der Waals surface area contributed by atoms with Gasteiger partial charge in [-0.3, -0.25) is 4.99 Å². The average molecular weight is 222 g/mol. The van der Waals surface area contributed by atoms with Gasteiger partial charge in [-0.15, -0.1) is 11.3 Å². The van der Waals surface area contributed by atoms with E-state index in [0.29, 0.717) is 6.04 Å². The largest absolute Gasteiger partial charge is 0.354 e. The first-order valence-corrected chi connectivity index (χ1v) is 6.26. The van der Waals surface area contributed by atoms with Gasteiger partial charge in [0.05, 0.1) is 11.3 Å². The van der Waals surface area contributed by atoms with Gasteiger partial charge < -0.3 is 10.2 Å². The molecule has 2 aliphatic heterocycles. The minimum absolute atomic E-state index is 0.454. The van der Waals surface area contributed by atoms with Crippen molar-refractivity contribution in [2.45, 2.75) is 18.9 Å². The molecule has 80 valence electrons. The van der Waals surface area contributed by atoms with Gasteiger partial charge in [-0.2, -0.15) is 0 Å². The number of hydrogen-bond donors (Lipinski definition) is 1. The van der Waals surface area contributed by atoms with E-state index in [-0.39, 0.29) is 0 Å². The van der Waals surface area contributed by atoms with Crippen molar-refractivity contribution < 1.29 is 1.37 Å². The molecule has 15 heavy (non-hydrogen) atoms. The summed E-state index contributed by atoms with van der Waals surface area (Å²) in [4.78, 5) is 6.52. The van der Waals surface area contributed by atoms with E-state index in [1.807, 2.05) is 11.4 Å². The Bertz CT molecular complexity index is 478. The van der Waals surface area contributed by atoms with Crippen LogP contribution < -0.4 is 15.2 Å². The van der Waals surface area contributed by atoms with Crippen LogP contribution in [0.15, 0.2) is 16.4 Å². The Kier molecular flexibility index (Phi) is 2.18. The molecule has 0 aliphatic carbocycles. The number of fused-ring (bicyclic) bond motifs is 1. The highest BCUT2D eigenvalue weighted by Crippen LogP contribution is 2.12. The number of nitrogens with zero attached hydrogens (tertiary/aromatic N) is 2. The summed E-state index contributed by atoms with van der Waals surface area (Å²) in [6.45, 7) is 1.66. The number of hydrogen-bond acceptors (Lipinski definition) is 4. The van der Waals surface area contributed by atoms with E-state index in [1.54, 1.807) is 11.3 Å². The lowest BCUT2D eigenvalue weighted by Crippen LogP contribution is -2.44. The molecule has 1 fully saturated rings. The minimum atomic E-state index is -0.454. The fraction of sp³-hybridized carbons (Fsp3) is 0.545. The number of thiophene rings is 1. The fourth-order valence-electron chi connectivity index (χ4n) is 2.12. The van der Waals surface area contributed by atoms with Gasteiger partial charge in [0.25, 0.3) is 0 Å². The predicted molar refractivity (Wildman–Crippen MR) is 62.2 cm³/mol. The summed E-state index contributed by atoms with van der Waals surface area (Å²) in [5.41, 5.74) is 0. The molecule has 0 spiro atoms. The second-order valence-electron chi connectivity index (χ2n) is 3.97. The maximum atomic E-state index is 8.05. The highest BCUT2D eigenvalue weighted by Gasteiger charge is 2.19. The van der Waals surface area contributed by atoms with E-state index in [1.165, 1.54) is 4.53 Å². The Morgan fingerprint density at radius 1 is 1.53 bits per heavy atom. The van der Waals surface area contributed by atoms with E-state index in [9.17, 15) is 0 Å². The van der Waals surface area contributed by atoms with Gasteiger partial charge in [0.15, 0.2) is 0 Å². The molecular weight excluding hydrogens is 206 g/mol. The van der Waals surface area contributed by atoms with Gasteiger partial charge >= 0.3 is 0 Å². The zero-order valence-electron chi connectivity index (χ0n) is 9.52. The van der Waals surface area contributed by atoms with Crippen molar-refractivity contribution >= 4 is 17.5 Å². The Balaban J connectivity index is 1.91. The van der Waals surface area contributed by atoms with E-state index >= 15 is 0 Å². The quantitative estimate of drug-likeness (QED) is 0.731. The van der Waals surface area contributed by atoms with Gasteiger partial charge in [0.1, 0.15) is 6.64 Å². The van der Waals surface area contributed by atoms with Crippen molar-refractivity contribution in [1.29, 1.82) is 0 Å². The Morgan fingerprint density at radius 2 is 2.40 bits per heavy atom. The second-order valence-corrected chi connectivity index (χ2v) is 4.92. The normalized spacial score (nSPS) is 27.6. The first-order valence-electron chi connectivity index (χ1n) is 5.96. The first kappa shape index (κ1) is 8.30. The van der Waals surface area contributed by atoms with Crippen molar-refractivity contribution in [2.24, 2.45) is 4.99 Å². The highest BCUT2D eigenvalue weighted by molar-refractivity contribution is 7.07. The van der Waals surface area contributed by atoms with Crippen LogP contribution in [-0.4, -0.2) is 30.7 Å². The third-order valence-corrected chi connectivity index (χ3v) is 3.84. The molecule has 1 atom stereocenters. The molecule has 1 N–H and O–H groups in total. The van der Waals surface area contributed by atoms with E-state index < -0.39 is 6.64 Å². The van der Waals surface area contributed by atoms with Crippen LogP contribution in [0.1, 0.15) is 14.2 Å². The van der Waals surface area contributed by atoms with Gasteiger partial charge in [-0.25, -0.2) is 0 Å². The van der Waals surface area contributed by atoms with Crippen LogP contribution in [-0.2, 0) is 0 Å². The Hall–Kier alpha value is -0.870. The van der Waals surface area contributed by atoms with Crippen LogP contribution in [0.3, 0.4) is 0 Å². The molecule has 2 aliphatic rings. The number of rotatable bonds is 1. The monoisotopic (exact) mass is 222 g/mol. The summed E-state index contributed by atoms with van der Waals surface area (Å²) in [5, 5.41) is 6.38. The van der Waals surface area contributed by atoms with Crippen molar-refractivity contribution in [3.05, 3.63) is 21.3 Å². The molecule has 0 amide bonds. The van der Waals surface area contributed by atoms with Gasteiger partial charge in [-0.05, 0) is 37.4 Å². The van der Waals surface area contributed by atoms with Crippen LogP contribution >= 0.6 is 11.3 Å². The SMILES string of the molecule is [2H]C1N=c2ccsc2=CN1C1CCNCC1. The summed E-state index contributed by atoms with van der Waals surface area (Å²) in [5.74, 6) is 0. The van der Waals surface area contributed by atoms with E-state index in [0.717, 1.165) is 31.3 Å². The third kappa shape index (κ3) is 1.79. The molecular formula is C11H15N3S. The van der Waals surface area contributed by atoms with Gasteiger partial charge in [0.2, 0.25) is 0 Å². The lowest BCUT2D eigenvalue weighted by atomic mass is 10.1. The molecule has 3 rings (SSSR count). The molecule has 0 bridgehead atoms. The number of piperidine rings is 1. The van der Waals surface area contributed by atoms with Gasteiger partial charge in [0, 0.05) is 12.2 Å². The van der Waals surface area contributed by atoms with Crippen molar-refractivity contribution in [3.63, 3.8) is 0 Å². The molecule has 1 aromatic heterocycles. The molecule has 1 aromatic rings. The van der Waals surface area contributed by atoms with Crippen molar-refractivity contribution in [3.8, 4) is 0 Å². The van der Waals surface area contributed by atoms with Crippen LogP contribution in [0.25, 0.3) is 6.20 Å². The molecule has 3 nitrogen and oxygen atoms in total. The lowest BCUT2D eigenvalue weighted by molar-refractivity contribution is 0.249. The summed E-state index contributed by atoms with van der Waals surface area (Å²) >= 11 is 1.71. The third-order valence-electron chi connectivity index (χ3n) is 3.00. The molecule has 1 unspecified atom stereocenters. The summed E-state index contributed by atoms with van der Waals surface area (Å²) in [6.07, 6.45) is 4.35. The zero-order valence-corrected chi connectivity index (χ0v) is 9.33. The van der Waals surface area contributed by atoms with E-state index in [4.69, 9.17) is 1.37 Å². The number of nitrogens with one attached hydrogen (secondary N) is 1. The van der Waals surface area contributed by atoms with Crippen LogP contribution in [0.5, 0.6) is 0 Å². The molecule has 1 saturated heterocycles. The Morgan fingerprint density at radius 3 is 3.27 bits per heavy atom. The summed E-state index contributed by atoms with van der Waals surface area (Å²) in [7, 11) is 0. The molecule has 0 saturated carbocycles. The molecule has 4 heteroatoms. The Labute approximate surface area is 94.5 Å². The van der Waals surface area contributed by atoms with Crippen molar-refractivity contribution in [1.82, 2.24) is 10.2 Å². The maximum absolute atomic E-state index is 8.05. The predicted octanol–water partition coefficient (Wildman–Crippen LogP) is 0.131. The van der Waals surface area contributed by atoms with Crippen LogP contribution in [0.2, 0.25) is 0 Å². The second kappa shape index (κ2) is 3.94.